The number of piperazine rings is 1. The molecule has 10 heteroatoms. The molecule has 1 aliphatic heterocycles. The third kappa shape index (κ3) is 5.23. The summed E-state index contributed by atoms with van der Waals surface area (Å²) < 4.78 is 7.23. The molecular formula is C29H28ClN7O2. The molecule has 3 heterocycles. The van der Waals surface area contributed by atoms with Crippen LogP contribution in [0, 0.1) is 0 Å². The van der Waals surface area contributed by atoms with Crippen LogP contribution in [0.2, 0.25) is 5.02 Å². The van der Waals surface area contributed by atoms with Crippen molar-refractivity contribution in [2.45, 2.75) is 12.6 Å². The number of nitrogens with one attached hydrogen (secondary N) is 1. The second kappa shape index (κ2) is 10.9. The van der Waals surface area contributed by atoms with Crippen LogP contribution in [0.15, 0.2) is 83.7 Å². The number of fused-ring (bicyclic) bond motifs is 1. The fraction of sp³-hybridized carbons (Fsp3) is 0.241. The first-order chi connectivity index (χ1) is 19.1. The quantitative estimate of drug-likeness (QED) is 0.331. The second-order valence-electron chi connectivity index (χ2n) is 9.59. The number of hydrogen-bond donors (Lipinski definition) is 1. The monoisotopic (exact) mass is 541 g/mol. The van der Waals surface area contributed by atoms with E-state index in [1.54, 1.807) is 11.8 Å². The lowest BCUT2D eigenvalue weighted by Crippen LogP contribution is -2.49. The highest BCUT2D eigenvalue weighted by atomic mass is 35.5. The number of H-pyrrole nitrogens is 1. The van der Waals surface area contributed by atoms with Crippen LogP contribution in [-0.2, 0) is 6.54 Å². The van der Waals surface area contributed by atoms with E-state index in [9.17, 15) is 4.79 Å². The highest BCUT2D eigenvalue weighted by Crippen LogP contribution is 2.30. The van der Waals surface area contributed by atoms with Crippen molar-refractivity contribution in [3.05, 3.63) is 111 Å². The van der Waals surface area contributed by atoms with Gasteiger partial charge in [-0.2, -0.15) is 0 Å². The molecule has 2 aromatic heterocycles. The van der Waals surface area contributed by atoms with E-state index in [4.69, 9.17) is 16.3 Å². The zero-order chi connectivity index (χ0) is 26.8. The fourth-order valence-electron chi connectivity index (χ4n) is 5.22. The molecular weight excluding hydrogens is 514 g/mol. The van der Waals surface area contributed by atoms with Gasteiger partial charge in [-0.1, -0.05) is 48.0 Å². The van der Waals surface area contributed by atoms with Crippen molar-refractivity contribution in [2.24, 2.45) is 0 Å². The maximum atomic E-state index is 13.5. The molecule has 9 nitrogen and oxygen atoms in total. The van der Waals surface area contributed by atoms with Crippen LogP contribution in [0.4, 0.5) is 5.69 Å². The van der Waals surface area contributed by atoms with Crippen LogP contribution in [-0.4, -0.2) is 63.4 Å². The number of methoxy groups -OCH3 is 1. The largest absolute Gasteiger partial charge is 0.497 e. The molecule has 0 radical (unpaired) electrons. The Morgan fingerprint density at radius 2 is 1.79 bits per heavy atom. The number of benzene rings is 3. The Bertz CT molecular complexity index is 1640. The predicted molar refractivity (Wildman–Crippen MR) is 152 cm³/mol. The van der Waals surface area contributed by atoms with E-state index < -0.39 is 6.04 Å². The average molecular weight is 542 g/mol. The molecule has 3 aromatic carbocycles. The van der Waals surface area contributed by atoms with Crippen LogP contribution in [0.5, 0.6) is 5.75 Å². The molecule has 0 saturated carbocycles. The smallest absolute Gasteiger partial charge is 0.253 e. The summed E-state index contributed by atoms with van der Waals surface area (Å²) in [5, 5.41) is 14.4. The van der Waals surface area contributed by atoms with Gasteiger partial charge in [-0.25, -0.2) is 4.68 Å². The van der Waals surface area contributed by atoms with Gasteiger partial charge in [0.2, 0.25) is 0 Å². The van der Waals surface area contributed by atoms with Gasteiger partial charge < -0.3 is 14.6 Å². The number of hydrogen-bond acceptors (Lipinski definition) is 7. The first-order valence-corrected chi connectivity index (χ1v) is 13.2. The van der Waals surface area contributed by atoms with Crippen molar-refractivity contribution < 1.29 is 4.74 Å². The van der Waals surface area contributed by atoms with E-state index in [0.29, 0.717) is 36.0 Å². The minimum atomic E-state index is -0.440. The summed E-state index contributed by atoms with van der Waals surface area (Å²) in [6, 6.07) is 25.1. The Balaban J connectivity index is 1.39. The summed E-state index contributed by atoms with van der Waals surface area (Å²) in [5.41, 5.74) is 3.34. The van der Waals surface area contributed by atoms with Crippen LogP contribution >= 0.6 is 11.6 Å². The molecule has 0 aliphatic carbocycles. The van der Waals surface area contributed by atoms with Crippen LogP contribution in [0.1, 0.15) is 23.0 Å². The molecule has 1 N–H and O–H groups in total. The summed E-state index contributed by atoms with van der Waals surface area (Å²) in [6.07, 6.45) is 0. The van der Waals surface area contributed by atoms with Crippen LogP contribution < -0.4 is 15.2 Å². The molecule has 198 valence electrons. The number of rotatable bonds is 7. The number of nitrogens with zero attached hydrogens (tertiary/aromatic N) is 6. The van der Waals surface area contributed by atoms with Gasteiger partial charge in [0, 0.05) is 53.4 Å². The average Bonchev–Trinajstić information content (AvgIpc) is 3.41. The normalized spacial score (nSPS) is 15.0. The summed E-state index contributed by atoms with van der Waals surface area (Å²) in [7, 11) is 1.63. The SMILES string of the molecule is COc1ccc2[nH]c(=O)c([C@H](c3nnnn3Cc3ccccc3)N3CCN(c4cccc(Cl)c4)CC3)cc2c1. The molecule has 1 saturated heterocycles. The van der Waals surface area contributed by atoms with Crippen molar-refractivity contribution in [2.75, 3.05) is 38.2 Å². The maximum Gasteiger partial charge on any atom is 0.253 e. The molecule has 0 spiro atoms. The third-order valence-electron chi connectivity index (χ3n) is 7.21. The second-order valence-corrected chi connectivity index (χ2v) is 10.0. The number of tetrazole rings is 1. The Labute approximate surface area is 230 Å². The summed E-state index contributed by atoms with van der Waals surface area (Å²) in [5.74, 6) is 1.35. The first-order valence-electron chi connectivity index (χ1n) is 12.8. The van der Waals surface area contributed by atoms with Crippen LogP contribution in [0.3, 0.4) is 0 Å². The standard InChI is InChI=1S/C29H28ClN7O2/c1-39-24-10-11-26-21(16-24)17-25(29(38)31-26)27(28-32-33-34-37(28)19-20-6-3-2-4-7-20)36-14-12-35(13-15-36)23-9-5-8-22(30)18-23/h2-11,16-18,27H,12-15,19H2,1H3,(H,31,38)/t27-/m1/s1. The van der Waals surface area contributed by atoms with E-state index in [1.807, 2.05) is 72.8 Å². The van der Waals surface area contributed by atoms with Gasteiger partial charge in [-0.3, -0.25) is 9.69 Å². The number of ether oxygens (including phenoxy) is 1. The molecule has 0 bridgehead atoms. The Hall–Kier alpha value is -4.21. The Kier molecular flexibility index (Phi) is 7.00. The van der Waals surface area contributed by atoms with Crippen LogP contribution in [0.25, 0.3) is 10.9 Å². The van der Waals surface area contributed by atoms with Crippen molar-refractivity contribution >= 4 is 28.2 Å². The molecule has 1 fully saturated rings. The fourth-order valence-corrected chi connectivity index (χ4v) is 5.40. The number of aromatic amines is 1. The number of anilines is 1. The van der Waals surface area contributed by atoms with Gasteiger partial charge >= 0.3 is 0 Å². The van der Waals surface area contributed by atoms with Crippen molar-refractivity contribution in [1.82, 2.24) is 30.1 Å². The van der Waals surface area contributed by atoms with E-state index in [0.717, 1.165) is 41.0 Å². The zero-order valence-corrected chi connectivity index (χ0v) is 22.3. The van der Waals surface area contributed by atoms with E-state index in [-0.39, 0.29) is 5.56 Å². The van der Waals surface area contributed by atoms with E-state index in [2.05, 4.69) is 36.4 Å². The lowest BCUT2D eigenvalue weighted by molar-refractivity contribution is 0.200. The first kappa shape index (κ1) is 25.1. The minimum absolute atomic E-state index is 0.163. The molecule has 1 aliphatic rings. The van der Waals surface area contributed by atoms with Gasteiger partial charge in [0.05, 0.1) is 13.7 Å². The van der Waals surface area contributed by atoms with Gasteiger partial charge in [0.1, 0.15) is 11.8 Å². The Morgan fingerprint density at radius 3 is 2.56 bits per heavy atom. The van der Waals surface area contributed by atoms with E-state index >= 15 is 0 Å². The minimum Gasteiger partial charge on any atom is -0.497 e. The molecule has 39 heavy (non-hydrogen) atoms. The van der Waals surface area contributed by atoms with Crippen molar-refractivity contribution in [3.63, 3.8) is 0 Å². The number of pyridine rings is 1. The lowest BCUT2D eigenvalue weighted by Gasteiger charge is -2.39. The molecule has 1 atom stereocenters. The maximum absolute atomic E-state index is 13.5. The molecule has 5 aromatic rings. The predicted octanol–water partition coefficient (Wildman–Crippen LogP) is 4.14. The summed E-state index contributed by atoms with van der Waals surface area (Å²) >= 11 is 6.25. The highest BCUT2D eigenvalue weighted by molar-refractivity contribution is 6.30. The van der Waals surface area contributed by atoms with Gasteiger partial charge in [-0.15, -0.1) is 5.10 Å². The number of aromatic nitrogens is 5. The zero-order valence-electron chi connectivity index (χ0n) is 21.5. The lowest BCUT2D eigenvalue weighted by atomic mass is 10.0. The van der Waals surface area contributed by atoms with E-state index in [1.165, 1.54) is 0 Å². The van der Waals surface area contributed by atoms with Gasteiger partial charge in [-0.05, 0) is 58.5 Å². The molecule has 6 rings (SSSR count). The third-order valence-corrected chi connectivity index (χ3v) is 7.44. The topological polar surface area (TPSA) is 92.2 Å². The van der Waals surface area contributed by atoms with Gasteiger partial charge in [0.25, 0.3) is 5.56 Å². The molecule has 0 unspecified atom stereocenters. The van der Waals surface area contributed by atoms with Crippen molar-refractivity contribution in [3.8, 4) is 5.75 Å². The summed E-state index contributed by atoms with van der Waals surface area (Å²) in [4.78, 5) is 21.2. The van der Waals surface area contributed by atoms with Gasteiger partial charge in [0.15, 0.2) is 5.82 Å². The Morgan fingerprint density at radius 1 is 0.974 bits per heavy atom. The van der Waals surface area contributed by atoms with Crippen molar-refractivity contribution in [1.29, 1.82) is 0 Å². The number of halogens is 1. The highest BCUT2D eigenvalue weighted by Gasteiger charge is 2.33. The summed E-state index contributed by atoms with van der Waals surface area (Å²) in [6.45, 7) is 3.48. The molecule has 0 amide bonds.